The molecule has 0 saturated carbocycles. The van der Waals surface area contributed by atoms with Crippen molar-refractivity contribution in [3.8, 4) is 0 Å². The van der Waals surface area contributed by atoms with Crippen LogP contribution in [0.1, 0.15) is 41.5 Å². The second-order valence-corrected chi connectivity index (χ2v) is 5.69. The highest BCUT2D eigenvalue weighted by Crippen LogP contribution is 2.39. The summed E-state index contributed by atoms with van der Waals surface area (Å²) in [5, 5.41) is 0. The number of carbonyl (C=O) groups excluding carboxylic acids is 2. The molecule has 0 aromatic heterocycles. The molecule has 0 heterocycles. The Labute approximate surface area is 80.7 Å². The molecule has 0 spiro atoms. The van der Waals surface area contributed by atoms with Crippen LogP contribution in [-0.4, -0.2) is 12.1 Å². The standard InChI is InChI=1S/C11H20O2/c1-10(2,3)9(8(13)7-12)11(4,5)6/h7,9H,1-6H3. The quantitative estimate of drug-likeness (QED) is 0.488. The summed E-state index contributed by atoms with van der Waals surface area (Å²) >= 11 is 0. The Kier molecular flexibility index (Phi) is 3.42. The van der Waals surface area contributed by atoms with Crippen LogP contribution in [0, 0.1) is 16.7 Å². The van der Waals surface area contributed by atoms with E-state index in [4.69, 9.17) is 0 Å². The Morgan fingerprint density at radius 3 is 1.38 bits per heavy atom. The number of aldehydes is 1. The predicted molar refractivity (Wildman–Crippen MR) is 53.5 cm³/mol. The summed E-state index contributed by atoms with van der Waals surface area (Å²) in [7, 11) is 0. The molecule has 0 aliphatic rings. The normalized spacial score (nSPS) is 13.2. The third-order valence-corrected chi connectivity index (χ3v) is 2.13. The minimum absolute atomic E-state index is 0.157. The van der Waals surface area contributed by atoms with Crippen molar-refractivity contribution in [2.24, 2.45) is 16.7 Å². The van der Waals surface area contributed by atoms with Crippen LogP contribution in [0.3, 0.4) is 0 Å². The van der Waals surface area contributed by atoms with Crippen molar-refractivity contribution in [1.82, 2.24) is 0 Å². The van der Waals surface area contributed by atoms with Crippen LogP contribution in [-0.2, 0) is 9.59 Å². The second kappa shape index (κ2) is 3.60. The van der Waals surface area contributed by atoms with Crippen LogP contribution in [0.5, 0.6) is 0 Å². The van der Waals surface area contributed by atoms with Crippen LogP contribution in [0.15, 0.2) is 0 Å². The average Bonchev–Trinajstić information content (AvgIpc) is 1.80. The molecule has 0 aliphatic carbocycles. The van der Waals surface area contributed by atoms with Gasteiger partial charge in [0.15, 0.2) is 12.1 Å². The van der Waals surface area contributed by atoms with E-state index < -0.39 is 0 Å². The summed E-state index contributed by atoms with van der Waals surface area (Å²) in [6, 6.07) is 0. The molecule has 2 nitrogen and oxygen atoms in total. The van der Waals surface area contributed by atoms with E-state index in [1.165, 1.54) is 0 Å². The second-order valence-electron chi connectivity index (χ2n) is 5.69. The largest absolute Gasteiger partial charge is 0.295 e. The number of Topliss-reactive ketones (excluding diaryl/α,β-unsaturated/α-hetero) is 1. The third kappa shape index (κ3) is 3.29. The van der Waals surface area contributed by atoms with E-state index in [-0.39, 0.29) is 22.5 Å². The van der Waals surface area contributed by atoms with Crippen molar-refractivity contribution in [3.63, 3.8) is 0 Å². The summed E-state index contributed by atoms with van der Waals surface area (Å²) in [6.07, 6.45) is 0.446. The summed E-state index contributed by atoms with van der Waals surface area (Å²) in [5.74, 6) is -0.502. The number of ketones is 1. The van der Waals surface area contributed by atoms with Crippen molar-refractivity contribution < 1.29 is 9.59 Å². The first-order valence-corrected chi connectivity index (χ1v) is 4.59. The Morgan fingerprint density at radius 1 is 1.00 bits per heavy atom. The average molecular weight is 184 g/mol. The summed E-state index contributed by atoms with van der Waals surface area (Å²) in [4.78, 5) is 21.9. The van der Waals surface area contributed by atoms with Crippen LogP contribution in [0.2, 0.25) is 0 Å². The SMILES string of the molecule is CC(C)(C)C(C(=O)C=O)C(C)(C)C. The van der Waals surface area contributed by atoms with Crippen molar-refractivity contribution in [2.45, 2.75) is 41.5 Å². The zero-order chi connectivity index (χ0) is 10.9. The first-order valence-electron chi connectivity index (χ1n) is 4.59. The molecule has 76 valence electrons. The van der Waals surface area contributed by atoms with E-state index in [2.05, 4.69) is 0 Å². The maximum Gasteiger partial charge on any atom is 0.199 e. The van der Waals surface area contributed by atoms with E-state index in [0.29, 0.717) is 6.29 Å². The van der Waals surface area contributed by atoms with Gasteiger partial charge in [-0.2, -0.15) is 0 Å². The van der Waals surface area contributed by atoms with Gasteiger partial charge in [0.2, 0.25) is 0 Å². The lowest BCUT2D eigenvalue weighted by Crippen LogP contribution is -2.39. The van der Waals surface area contributed by atoms with Gasteiger partial charge in [-0.25, -0.2) is 0 Å². The Balaban J connectivity index is 5.00. The highest BCUT2D eigenvalue weighted by Gasteiger charge is 2.39. The number of hydrogen-bond acceptors (Lipinski definition) is 2. The molecule has 0 atom stereocenters. The summed E-state index contributed by atoms with van der Waals surface area (Å²) < 4.78 is 0. The van der Waals surface area contributed by atoms with Crippen molar-refractivity contribution in [1.29, 1.82) is 0 Å². The molecule has 0 radical (unpaired) electrons. The van der Waals surface area contributed by atoms with Gasteiger partial charge in [0.25, 0.3) is 0 Å². The van der Waals surface area contributed by atoms with Gasteiger partial charge in [0.05, 0.1) is 0 Å². The van der Waals surface area contributed by atoms with Gasteiger partial charge < -0.3 is 0 Å². The van der Waals surface area contributed by atoms with Crippen molar-refractivity contribution in [3.05, 3.63) is 0 Å². The van der Waals surface area contributed by atoms with Gasteiger partial charge in [0, 0.05) is 5.92 Å². The zero-order valence-corrected chi connectivity index (χ0v) is 9.47. The Hall–Kier alpha value is -0.660. The van der Waals surface area contributed by atoms with E-state index >= 15 is 0 Å². The lowest BCUT2D eigenvalue weighted by molar-refractivity contribution is -0.138. The minimum Gasteiger partial charge on any atom is -0.295 e. The fraction of sp³-hybridized carbons (Fsp3) is 0.818. The molecule has 0 aliphatic heterocycles. The first-order chi connectivity index (χ1) is 5.60. The van der Waals surface area contributed by atoms with E-state index in [1.807, 2.05) is 41.5 Å². The molecule has 0 rings (SSSR count). The van der Waals surface area contributed by atoms with E-state index in [0.717, 1.165) is 0 Å². The van der Waals surface area contributed by atoms with Gasteiger partial charge in [-0.05, 0) is 10.8 Å². The molecule has 0 amide bonds. The predicted octanol–water partition coefficient (Wildman–Crippen LogP) is 2.46. The first kappa shape index (κ1) is 12.3. The van der Waals surface area contributed by atoms with Crippen LogP contribution in [0.25, 0.3) is 0 Å². The third-order valence-electron chi connectivity index (χ3n) is 2.13. The number of rotatable bonds is 2. The van der Waals surface area contributed by atoms with Crippen molar-refractivity contribution >= 4 is 12.1 Å². The van der Waals surface area contributed by atoms with Gasteiger partial charge in [-0.3, -0.25) is 9.59 Å². The zero-order valence-electron chi connectivity index (χ0n) is 9.47. The van der Waals surface area contributed by atoms with Gasteiger partial charge >= 0.3 is 0 Å². The van der Waals surface area contributed by atoms with Crippen molar-refractivity contribution in [2.75, 3.05) is 0 Å². The van der Waals surface area contributed by atoms with Gasteiger partial charge in [-0.15, -0.1) is 0 Å². The lowest BCUT2D eigenvalue weighted by Gasteiger charge is -2.38. The molecule has 0 unspecified atom stereocenters. The molecular weight excluding hydrogens is 164 g/mol. The molecule has 0 bridgehead atoms. The monoisotopic (exact) mass is 184 g/mol. The Bertz CT molecular complexity index is 189. The minimum atomic E-state index is -0.292. The van der Waals surface area contributed by atoms with Crippen LogP contribution >= 0.6 is 0 Å². The van der Waals surface area contributed by atoms with E-state index in [1.54, 1.807) is 0 Å². The molecule has 0 aromatic rings. The summed E-state index contributed by atoms with van der Waals surface area (Å²) in [6.45, 7) is 11.9. The smallest absolute Gasteiger partial charge is 0.199 e. The fourth-order valence-electron chi connectivity index (χ4n) is 2.22. The molecule has 13 heavy (non-hydrogen) atoms. The molecule has 0 N–H and O–H groups in total. The highest BCUT2D eigenvalue weighted by molar-refractivity contribution is 6.26. The van der Waals surface area contributed by atoms with Gasteiger partial charge in [0.1, 0.15) is 0 Å². The highest BCUT2D eigenvalue weighted by atomic mass is 16.2. The molecule has 0 aromatic carbocycles. The maximum absolute atomic E-state index is 11.4. The fourth-order valence-corrected chi connectivity index (χ4v) is 2.22. The molecule has 0 saturated heterocycles. The molecular formula is C11H20O2. The lowest BCUT2D eigenvalue weighted by atomic mass is 9.65. The van der Waals surface area contributed by atoms with Crippen LogP contribution in [0.4, 0.5) is 0 Å². The molecule has 2 heteroatoms. The van der Waals surface area contributed by atoms with Gasteiger partial charge in [-0.1, -0.05) is 41.5 Å². The maximum atomic E-state index is 11.4. The topological polar surface area (TPSA) is 34.1 Å². The Morgan fingerprint density at radius 2 is 1.31 bits per heavy atom. The van der Waals surface area contributed by atoms with Crippen LogP contribution < -0.4 is 0 Å². The summed E-state index contributed by atoms with van der Waals surface area (Å²) in [5.41, 5.74) is -0.313. The van der Waals surface area contributed by atoms with E-state index in [9.17, 15) is 9.59 Å². The molecule has 0 fully saturated rings. The number of carbonyl (C=O) groups is 2. The number of hydrogen-bond donors (Lipinski definition) is 0.